The van der Waals surface area contributed by atoms with Crippen molar-refractivity contribution in [1.29, 1.82) is 0 Å². The lowest BCUT2D eigenvalue weighted by molar-refractivity contribution is -0.141. The van der Waals surface area contributed by atoms with Crippen LogP contribution in [0, 0.1) is 6.92 Å². The zero-order valence-electron chi connectivity index (χ0n) is 19.0. The van der Waals surface area contributed by atoms with Crippen molar-refractivity contribution in [3.63, 3.8) is 0 Å². The largest absolute Gasteiger partial charge is 0.454 e. The van der Waals surface area contributed by atoms with Gasteiger partial charge in [-0.05, 0) is 30.7 Å². The van der Waals surface area contributed by atoms with E-state index in [1.54, 1.807) is 25.2 Å². The summed E-state index contributed by atoms with van der Waals surface area (Å²) < 4.78 is 50.5. The number of alkyl halides is 3. The van der Waals surface area contributed by atoms with Gasteiger partial charge in [-0.2, -0.15) is 18.3 Å². The number of carbonyl (C=O) groups is 2. The third kappa shape index (κ3) is 5.56. The predicted molar refractivity (Wildman–Crippen MR) is 120 cm³/mol. The third-order valence-corrected chi connectivity index (χ3v) is 5.55. The zero-order chi connectivity index (χ0) is 25.2. The van der Waals surface area contributed by atoms with Crippen LogP contribution in [0.3, 0.4) is 0 Å². The second-order valence-electron chi connectivity index (χ2n) is 8.07. The SMILES string of the molecule is Cc1cc(C(F)(F)F)nn1CC(=O)NC(Cc1ccccc1)C(=O)N(C)c1ccc2c(c1)OCO2. The number of carbonyl (C=O) groups excluding carboxylic acids is 2. The monoisotopic (exact) mass is 488 g/mol. The Balaban J connectivity index is 1.53. The number of aromatic nitrogens is 2. The fourth-order valence-electron chi connectivity index (χ4n) is 3.69. The van der Waals surface area contributed by atoms with Gasteiger partial charge in [0.05, 0.1) is 0 Å². The molecule has 1 N–H and O–H groups in total. The van der Waals surface area contributed by atoms with Crippen molar-refractivity contribution in [2.75, 3.05) is 18.7 Å². The molecule has 8 nitrogen and oxygen atoms in total. The number of benzene rings is 2. The predicted octanol–water partition coefficient (Wildman–Crippen LogP) is 3.33. The third-order valence-electron chi connectivity index (χ3n) is 5.55. The van der Waals surface area contributed by atoms with E-state index in [1.165, 1.54) is 11.8 Å². The van der Waals surface area contributed by atoms with E-state index in [2.05, 4.69) is 10.4 Å². The van der Waals surface area contributed by atoms with Crippen molar-refractivity contribution in [2.45, 2.75) is 32.1 Å². The zero-order valence-corrected chi connectivity index (χ0v) is 19.0. The first-order valence-corrected chi connectivity index (χ1v) is 10.7. The van der Waals surface area contributed by atoms with Gasteiger partial charge >= 0.3 is 6.18 Å². The van der Waals surface area contributed by atoms with Gasteiger partial charge in [-0.3, -0.25) is 14.3 Å². The van der Waals surface area contributed by atoms with Crippen molar-refractivity contribution in [1.82, 2.24) is 15.1 Å². The molecule has 1 aliphatic rings. The van der Waals surface area contributed by atoms with Gasteiger partial charge in [0.2, 0.25) is 18.6 Å². The van der Waals surface area contributed by atoms with Gasteiger partial charge in [-0.1, -0.05) is 30.3 Å². The molecule has 0 saturated carbocycles. The van der Waals surface area contributed by atoms with Crippen LogP contribution >= 0.6 is 0 Å². The van der Waals surface area contributed by atoms with E-state index in [0.29, 0.717) is 17.2 Å². The Labute approximate surface area is 199 Å². The maximum Gasteiger partial charge on any atom is 0.435 e. The van der Waals surface area contributed by atoms with E-state index >= 15 is 0 Å². The van der Waals surface area contributed by atoms with E-state index < -0.39 is 36.3 Å². The maximum atomic E-state index is 13.4. The highest BCUT2D eigenvalue weighted by Crippen LogP contribution is 2.35. The molecule has 1 unspecified atom stereocenters. The van der Waals surface area contributed by atoms with Crippen molar-refractivity contribution in [3.8, 4) is 11.5 Å². The Morgan fingerprint density at radius 1 is 1.11 bits per heavy atom. The van der Waals surface area contributed by atoms with Gasteiger partial charge in [-0.15, -0.1) is 0 Å². The molecule has 184 valence electrons. The number of nitrogens with one attached hydrogen (secondary N) is 1. The Kier molecular flexibility index (Phi) is 6.68. The summed E-state index contributed by atoms with van der Waals surface area (Å²) in [4.78, 5) is 27.6. The molecular formula is C24H23F3N4O4. The van der Waals surface area contributed by atoms with Gasteiger partial charge in [0.25, 0.3) is 0 Å². The molecule has 2 amide bonds. The molecule has 0 aliphatic carbocycles. The Bertz CT molecular complexity index is 1230. The first-order chi connectivity index (χ1) is 16.6. The molecule has 3 aromatic rings. The smallest absolute Gasteiger partial charge is 0.435 e. The number of halogens is 3. The average molecular weight is 488 g/mol. The minimum Gasteiger partial charge on any atom is -0.454 e. The van der Waals surface area contributed by atoms with E-state index in [4.69, 9.17) is 9.47 Å². The van der Waals surface area contributed by atoms with E-state index in [9.17, 15) is 22.8 Å². The Hall–Kier alpha value is -4.02. The molecule has 2 aromatic carbocycles. The molecule has 0 saturated heterocycles. The molecule has 35 heavy (non-hydrogen) atoms. The van der Waals surface area contributed by atoms with Crippen LogP contribution in [0.15, 0.2) is 54.6 Å². The normalized spacial score (nSPS) is 13.4. The topological polar surface area (TPSA) is 85.7 Å². The fourth-order valence-corrected chi connectivity index (χ4v) is 3.69. The Morgan fingerprint density at radius 2 is 1.83 bits per heavy atom. The highest BCUT2D eigenvalue weighted by Gasteiger charge is 2.35. The molecule has 0 radical (unpaired) electrons. The van der Waals surface area contributed by atoms with Crippen LogP contribution in [0.2, 0.25) is 0 Å². The number of likely N-dealkylation sites (N-methyl/N-ethyl adjacent to an activating group) is 1. The second kappa shape index (κ2) is 9.69. The van der Waals surface area contributed by atoms with Crippen LogP contribution in [0.5, 0.6) is 11.5 Å². The van der Waals surface area contributed by atoms with Crippen molar-refractivity contribution in [2.24, 2.45) is 0 Å². The fraction of sp³-hybridized carbons (Fsp3) is 0.292. The summed E-state index contributed by atoms with van der Waals surface area (Å²) in [5.41, 5.74) is 0.433. The molecule has 1 aromatic heterocycles. The number of ether oxygens (including phenoxy) is 2. The van der Waals surface area contributed by atoms with Gasteiger partial charge in [0, 0.05) is 30.9 Å². The number of fused-ring (bicyclic) bond motifs is 1. The lowest BCUT2D eigenvalue weighted by Gasteiger charge is -2.25. The molecule has 2 heterocycles. The van der Waals surface area contributed by atoms with E-state index in [-0.39, 0.29) is 18.9 Å². The summed E-state index contributed by atoms with van der Waals surface area (Å²) >= 11 is 0. The number of hydrogen-bond donors (Lipinski definition) is 1. The minimum atomic E-state index is -4.62. The maximum absolute atomic E-state index is 13.4. The summed E-state index contributed by atoms with van der Waals surface area (Å²) in [6.07, 6.45) is -4.43. The molecule has 0 bridgehead atoms. The second-order valence-corrected chi connectivity index (χ2v) is 8.07. The highest BCUT2D eigenvalue weighted by atomic mass is 19.4. The summed E-state index contributed by atoms with van der Waals surface area (Å²) in [5, 5.41) is 6.15. The molecule has 1 atom stereocenters. The molecular weight excluding hydrogens is 465 g/mol. The average Bonchev–Trinajstić information content (AvgIpc) is 3.44. The summed E-state index contributed by atoms with van der Waals surface area (Å²) in [6.45, 7) is 1.05. The van der Waals surface area contributed by atoms with Gasteiger partial charge in [0.15, 0.2) is 17.2 Å². The summed E-state index contributed by atoms with van der Waals surface area (Å²) in [7, 11) is 1.57. The first kappa shape index (κ1) is 24.1. The molecule has 4 rings (SSSR count). The molecule has 11 heteroatoms. The molecule has 0 spiro atoms. The first-order valence-electron chi connectivity index (χ1n) is 10.7. The van der Waals surface area contributed by atoms with E-state index in [1.807, 2.05) is 30.3 Å². The van der Waals surface area contributed by atoms with Crippen LogP contribution in [-0.4, -0.2) is 41.5 Å². The van der Waals surface area contributed by atoms with E-state index in [0.717, 1.165) is 16.3 Å². The van der Waals surface area contributed by atoms with Crippen molar-refractivity contribution < 1.29 is 32.2 Å². The van der Waals surface area contributed by atoms with Crippen LogP contribution in [-0.2, 0) is 28.7 Å². The van der Waals surface area contributed by atoms with Gasteiger partial charge < -0.3 is 19.7 Å². The number of amides is 2. The summed E-state index contributed by atoms with van der Waals surface area (Å²) in [5.74, 6) is 0.0181. The highest BCUT2D eigenvalue weighted by molar-refractivity contribution is 5.99. The molecule has 0 fully saturated rings. The number of anilines is 1. The van der Waals surface area contributed by atoms with Crippen LogP contribution < -0.4 is 19.7 Å². The number of nitrogens with zero attached hydrogens (tertiary/aromatic N) is 3. The van der Waals surface area contributed by atoms with Crippen molar-refractivity contribution >= 4 is 17.5 Å². The molecule has 1 aliphatic heterocycles. The van der Waals surface area contributed by atoms with Crippen LogP contribution in [0.4, 0.5) is 18.9 Å². The number of rotatable bonds is 7. The van der Waals surface area contributed by atoms with Crippen molar-refractivity contribution in [3.05, 3.63) is 71.5 Å². The van der Waals surface area contributed by atoms with Gasteiger partial charge in [0.1, 0.15) is 12.6 Å². The number of aryl methyl sites for hydroxylation is 1. The quantitative estimate of drug-likeness (QED) is 0.552. The summed E-state index contributed by atoms with van der Waals surface area (Å²) in [6, 6.07) is 14.0. The van der Waals surface area contributed by atoms with Gasteiger partial charge in [-0.25, -0.2) is 0 Å². The van der Waals surface area contributed by atoms with Crippen LogP contribution in [0.25, 0.3) is 0 Å². The van der Waals surface area contributed by atoms with Crippen LogP contribution in [0.1, 0.15) is 17.0 Å². The number of hydrogen-bond acceptors (Lipinski definition) is 5. The lowest BCUT2D eigenvalue weighted by Crippen LogP contribution is -2.49. The minimum absolute atomic E-state index is 0.0893. The lowest BCUT2D eigenvalue weighted by atomic mass is 10.0. The standard InChI is InChI=1S/C24H23F3N4O4/c1-15-10-21(24(25,26)27)29-31(15)13-22(32)28-18(11-16-6-4-3-5-7-16)23(33)30(2)17-8-9-19-20(12-17)35-14-34-19/h3-10,12,18H,11,13-14H2,1-2H3,(H,28,32). The Morgan fingerprint density at radius 3 is 2.51 bits per heavy atom.